The highest BCUT2D eigenvalue weighted by atomic mass is 32.2. The molecule has 2 amide bonds. The molecule has 1 saturated heterocycles. The number of hydrogen-bond donors (Lipinski definition) is 0. The van der Waals surface area contributed by atoms with Gasteiger partial charge in [-0.15, -0.1) is 0 Å². The van der Waals surface area contributed by atoms with Crippen LogP contribution in [0.1, 0.15) is 43.0 Å². The van der Waals surface area contributed by atoms with E-state index in [0.717, 1.165) is 0 Å². The fraction of sp³-hybridized carbons (Fsp3) is 0.333. The molecular weight excluding hydrogens is 330 g/mol. The molecule has 3 aliphatic carbocycles. The van der Waals surface area contributed by atoms with Crippen LogP contribution in [0.15, 0.2) is 48.5 Å². The zero-order chi connectivity index (χ0) is 17.6. The predicted octanol–water partition coefficient (Wildman–Crippen LogP) is 4.08. The molecule has 6 rings (SSSR count). The molecule has 0 N–H and O–H groups in total. The number of nitrogens with zero attached hydrogens (tertiary/aromatic N) is 1. The zero-order valence-corrected chi connectivity index (χ0v) is 15.3. The first-order valence-corrected chi connectivity index (χ1v) is 9.50. The van der Waals surface area contributed by atoms with Crippen molar-refractivity contribution in [3.63, 3.8) is 0 Å². The van der Waals surface area contributed by atoms with Crippen LogP contribution in [0, 0.1) is 0 Å². The van der Waals surface area contributed by atoms with Gasteiger partial charge in [0.15, 0.2) is 0 Å². The summed E-state index contributed by atoms with van der Waals surface area (Å²) in [6.45, 7) is 5.95. The second-order valence-corrected chi connectivity index (χ2v) is 8.73. The van der Waals surface area contributed by atoms with E-state index in [2.05, 4.69) is 62.4 Å². The summed E-state index contributed by atoms with van der Waals surface area (Å²) in [6.07, 6.45) is 0. The van der Waals surface area contributed by atoms with Gasteiger partial charge in [0.05, 0.1) is 6.04 Å². The van der Waals surface area contributed by atoms with Gasteiger partial charge in [0.2, 0.25) is 5.91 Å². The molecule has 0 spiro atoms. The number of rotatable bonds is 0. The molecule has 2 aromatic rings. The standard InChI is InChI=1S/C21H19NO2S/c1-12(23)22-17-18(25-19(22)24)21(3)15-10-6-4-8-13(15)20(17,2)14-9-5-7-11-16(14)21/h4-11,17-18H,1-3H3/t17-,18+,20?,21?/m1/s1. The molecule has 0 aromatic heterocycles. The molecule has 2 bridgehead atoms. The van der Waals surface area contributed by atoms with Gasteiger partial charge in [0, 0.05) is 23.0 Å². The van der Waals surface area contributed by atoms with E-state index in [1.165, 1.54) is 45.8 Å². The molecule has 1 heterocycles. The average molecular weight is 349 g/mol. The fourth-order valence-electron chi connectivity index (χ4n) is 5.49. The van der Waals surface area contributed by atoms with E-state index in [4.69, 9.17) is 0 Å². The number of imide groups is 1. The summed E-state index contributed by atoms with van der Waals surface area (Å²) in [5, 5.41) is -0.0701. The van der Waals surface area contributed by atoms with Crippen molar-refractivity contribution >= 4 is 22.9 Å². The summed E-state index contributed by atoms with van der Waals surface area (Å²) in [4.78, 5) is 26.6. The maximum absolute atomic E-state index is 12.8. The summed E-state index contributed by atoms with van der Waals surface area (Å²) in [7, 11) is 0. The van der Waals surface area contributed by atoms with Crippen molar-refractivity contribution < 1.29 is 9.59 Å². The van der Waals surface area contributed by atoms with Crippen molar-refractivity contribution in [1.82, 2.24) is 4.90 Å². The number of carbonyl (C=O) groups is 2. The van der Waals surface area contributed by atoms with Crippen LogP contribution in [0.4, 0.5) is 4.79 Å². The van der Waals surface area contributed by atoms with E-state index in [1.807, 2.05) is 0 Å². The monoisotopic (exact) mass is 349 g/mol. The zero-order valence-electron chi connectivity index (χ0n) is 14.4. The maximum atomic E-state index is 12.8. The van der Waals surface area contributed by atoms with Gasteiger partial charge >= 0.3 is 0 Å². The Bertz CT molecular complexity index is 903. The van der Waals surface area contributed by atoms with E-state index >= 15 is 0 Å². The first-order chi connectivity index (χ1) is 11.9. The SMILES string of the molecule is CC(=O)N1C(=O)S[C@H]2[C@@H]1C1(C)c3ccccc3C2(C)c2ccccc21. The van der Waals surface area contributed by atoms with Crippen LogP contribution in [0.3, 0.4) is 0 Å². The molecule has 25 heavy (non-hydrogen) atoms. The molecule has 1 aliphatic heterocycles. The molecule has 4 heteroatoms. The lowest BCUT2D eigenvalue weighted by Crippen LogP contribution is -2.65. The molecule has 0 unspecified atom stereocenters. The first kappa shape index (κ1) is 15.2. The van der Waals surface area contributed by atoms with Crippen LogP contribution in [-0.2, 0) is 15.6 Å². The lowest BCUT2D eigenvalue weighted by atomic mass is 9.48. The van der Waals surface area contributed by atoms with E-state index in [-0.39, 0.29) is 33.3 Å². The number of thioether (sulfide) groups is 1. The summed E-state index contributed by atoms with van der Waals surface area (Å²) >= 11 is 1.34. The molecule has 0 saturated carbocycles. The van der Waals surface area contributed by atoms with Gasteiger partial charge in [0.25, 0.3) is 5.24 Å². The largest absolute Gasteiger partial charge is 0.288 e. The quantitative estimate of drug-likeness (QED) is 0.719. The third-order valence-corrected chi connectivity index (χ3v) is 7.96. The molecule has 1 fully saturated rings. The lowest BCUT2D eigenvalue weighted by Gasteiger charge is -2.59. The summed E-state index contributed by atoms with van der Waals surface area (Å²) in [5.74, 6) is -0.155. The normalized spacial score (nSPS) is 34.5. The van der Waals surface area contributed by atoms with Crippen LogP contribution in [0.2, 0.25) is 0 Å². The summed E-state index contributed by atoms with van der Waals surface area (Å²) in [5.41, 5.74) is 4.44. The smallest absolute Gasteiger partial charge is 0.275 e. The highest BCUT2D eigenvalue weighted by molar-refractivity contribution is 8.14. The van der Waals surface area contributed by atoms with E-state index in [0.29, 0.717) is 0 Å². The molecule has 2 atom stereocenters. The van der Waals surface area contributed by atoms with Crippen molar-refractivity contribution in [2.24, 2.45) is 0 Å². The second kappa shape index (κ2) is 4.55. The Morgan fingerprint density at radius 3 is 1.80 bits per heavy atom. The summed E-state index contributed by atoms with van der Waals surface area (Å²) < 4.78 is 0. The number of carbonyl (C=O) groups excluding carboxylic acids is 2. The van der Waals surface area contributed by atoms with Crippen LogP contribution in [-0.4, -0.2) is 27.3 Å². The highest BCUT2D eigenvalue weighted by Gasteiger charge is 2.68. The van der Waals surface area contributed by atoms with E-state index in [1.54, 1.807) is 0 Å². The number of hydrogen-bond acceptors (Lipinski definition) is 3. The Labute approximate surface area is 151 Å². The van der Waals surface area contributed by atoms with Gasteiger partial charge in [-0.05, 0) is 29.2 Å². The Morgan fingerprint density at radius 2 is 1.36 bits per heavy atom. The molecule has 4 aliphatic rings. The van der Waals surface area contributed by atoms with Gasteiger partial charge in [-0.2, -0.15) is 0 Å². The van der Waals surface area contributed by atoms with E-state index < -0.39 is 0 Å². The second-order valence-electron chi connectivity index (χ2n) is 7.63. The molecule has 0 radical (unpaired) electrons. The third kappa shape index (κ3) is 1.51. The van der Waals surface area contributed by atoms with Crippen LogP contribution < -0.4 is 0 Å². The fourth-order valence-corrected chi connectivity index (χ4v) is 7.08. The van der Waals surface area contributed by atoms with Gasteiger partial charge in [-0.3, -0.25) is 14.5 Å². The lowest BCUT2D eigenvalue weighted by molar-refractivity contribution is -0.128. The third-order valence-electron chi connectivity index (χ3n) is 6.58. The maximum Gasteiger partial charge on any atom is 0.288 e. The van der Waals surface area contributed by atoms with Crippen molar-refractivity contribution in [1.29, 1.82) is 0 Å². The Kier molecular flexibility index (Phi) is 2.77. The predicted molar refractivity (Wildman–Crippen MR) is 98.9 cm³/mol. The Balaban J connectivity index is 1.92. The summed E-state index contributed by atoms with van der Waals surface area (Å²) in [6, 6.07) is 16.9. The minimum Gasteiger partial charge on any atom is -0.275 e. The molecular formula is C21H19NO2S. The Morgan fingerprint density at radius 1 is 0.920 bits per heavy atom. The minimum absolute atomic E-state index is 0.0405. The minimum atomic E-state index is -0.375. The topological polar surface area (TPSA) is 37.4 Å². The molecule has 126 valence electrons. The highest BCUT2D eigenvalue weighted by Crippen LogP contribution is 2.65. The number of amides is 2. The van der Waals surface area contributed by atoms with Gasteiger partial charge in [-0.25, -0.2) is 0 Å². The average Bonchev–Trinajstić information content (AvgIpc) is 2.98. The van der Waals surface area contributed by atoms with Crippen molar-refractivity contribution in [2.45, 2.75) is 42.9 Å². The van der Waals surface area contributed by atoms with E-state index in [9.17, 15) is 9.59 Å². The Hall–Kier alpha value is -2.07. The van der Waals surface area contributed by atoms with Crippen molar-refractivity contribution in [2.75, 3.05) is 0 Å². The van der Waals surface area contributed by atoms with Crippen molar-refractivity contribution in [3.05, 3.63) is 70.8 Å². The van der Waals surface area contributed by atoms with Gasteiger partial charge in [0.1, 0.15) is 0 Å². The van der Waals surface area contributed by atoms with Gasteiger partial charge in [-0.1, -0.05) is 67.2 Å². The van der Waals surface area contributed by atoms with Gasteiger partial charge < -0.3 is 0 Å². The van der Waals surface area contributed by atoms with Crippen molar-refractivity contribution in [3.8, 4) is 0 Å². The van der Waals surface area contributed by atoms with Crippen LogP contribution in [0.25, 0.3) is 0 Å². The van der Waals surface area contributed by atoms with Crippen LogP contribution in [0.5, 0.6) is 0 Å². The van der Waals surface area contributed by atoms with Crippen LogP contribution >= 0.6 is 11.8 Å². The molecule has 2 aromatic carbocycles. The first-order valence-electron chi connectivity index (χ1n) is 8.62. The number of benzene rings is 2. The molecule has 3 nitrogen and oxygen atoms in total.